The summed E-state index contributed by atoms with van der Waals surface area (Å²) in [7, 11) is 2.01. The lowest BCUT2D eigenvalue weighted by Crippen LogP contribution is -2.59. The Labute approximate surface area is 172 Å². The number of nitrogens with one attached hydrogen (secondary N) is 3. The van der Waals surface area contributed by atoms with Gasteiger partial charge in [0.1, 0.15) is 0 Å². The Bertz CT molecular complexity index is 649. The van der Waals surface area contributed by atoms with Gasteiger partial charge in [-0.2, -0.15) is 0 Å². The van der Waals surface area contributed by atoms with Gasteiger partial charge in [0.2, 0.25) is 5.91 Å². The molecule has 0 saturated carbocycles. The Morgan fingerprint density at radius 3 is 2.67 bits per heavy atom. The first-order valence-corrected chi connectivity index (χ1v) is 10.6. The van der Waals surface area contributed by atoms with Crippen LogP contribution in [-0.4, -0.2) is 43.3 Å². The normalized spacial score (nSPS) is 27.5. The number of piperidine rings is 2. The van der Waals surface area contributed by atoms with Gasteiger partial charge in [-0.05, 0) is 56.3 Å². The van der Waals surface area contributed by atoms with Gasteiger partial charge < -0.3 is 10.6 Å². The van der Waals surface area contributed by atoms with E-state index in [9.17, 15) is 4.79 Å². The lowest BCUT2D eigenvalue weighted by atomic mass is 9.91. The van der Waals surface area contributed by atoms with Crippen molar-refractivity contribution < 1.29 is 4.79 Å². The number of hydrogen-bond acceptors (Lipinski definition) is 4. The van der Waals surface area contributed by atoms with Crippen molar-refractivity contribution in [2.45, 2.75) is 51.5 Å². The minimum Gasteiger partial charge on any atom is -0.352 e. The summed E-state index contributed by atoms with van der Waals surface area (Å²) in [6.45, 7) is 4.68. The molecule has 27 heavy (non-hydrogen) atoms. The minimum absolute atomic E-state index is 0.0773. The molecule has 2 heterocycles. The van der Waals surface area contributed by atoms with Gasteiger partial charge in [-0.3, -0.25) is 15.0 Å². The summed E-state index contributed by atoms with van der Waals surface area (Å²) in [6.07, 6.45) is 4.92. The van der Waals surface area contributed by atoms with Gasteiger partial charge in [0.25, 0.3) is 0 Å². The summed E-state index contributed by atoms with van der Waals surface area (Å²) >= 11 is 12.1. The lowest BCUT2D eigenvalue weighted by molar-refractivity contribution is -0.127. The second-order valence-electron chi connectivity index (χ2n) is 7.86. The molecule has 1 amide bonds. The topological polar surface area (TPSA) is 56.4 Å². The Hall–Kier alpha value is -0.850. The third-order valence-corrected chi connectivity index (χ3v) is 6.40. The van der Waals surface area contributed by atoms with Gasteiger partial charge in [-0.15, -0.1) is 0 Å². The molecule has 0 radical (unpaired) electrons. The molecule has 0 spiro atoms. The van der Waals surface area contributed by atoms with Crippen molar-refractivity contribution in [2.75, 3.05) is 20.1 Å². The minimum atomic E-state index is 0.0773. The first kappa shape index (κ1) is 20.9. The molecule has 2 aliphatic heterocycles. The molecule has 1 aromatic rings. The van der Waals surface area contributed by atoms with Crippen molar-refractivity contribution in [3.8, 4) is 0 Å². The van der Waals surface area contributed by atoms with Crippen LogP contribution in [0.2, 0.25) is 10.0 Å². The molecule has 2 fully saturated rings. The molecular formula is C20H30Cl2N4O. The molecule has 3 atom stereocenters. The van der Waals surface area contributed by atoms with Crippen LogP contribution in [-0.2, 0) is 11.3 Å². The van der Waals surface area contributed by atoms with E-state index in [2.05, 4.69) is 27.8 Å². The maximum atomic E-state index is 12.6. The number of rotatable bonds is 5. The molecule has 0 aliphatic carbocycles. The van der Waals surface area contributed by atoms with E-state index in [0.29, 0.717) is 34.8 Å². The van der Waals surface area contributed by atoms with Crippen LogP contribution in [0.1, 0.15) is 38.2 Å². The smallest absolute Gasteiger partial charge is 0.223 e. The number of hydrogen-bond donors (Lipinski definition) is 3. The number of halogens is 2. The fourth-order valence-electron chi connectivity index (χ4n) is 4.17. The Morgan fingerprint density at radius 1 is 1.26 bits per heavy atom. The van der Waals surface area contributed by atoms with Crippen molar-refractivity contribution in [3.05, 3.63) is 33.8 Å². The van der Waals surface area contributed by atoms with Crippen molar-refractivity contribution in [2.24, 2.45) is 11.8 Å². The van der Waals surface area contributed by atoms with E-state index in [-0.39, 0.29) is 11.8 Å². The van der Waals surface area contributed by atoms with E-state index < -0.39 is 0 Å². The number of amides is 1. The molecule has 3 N–H and O–H groups in total. The van der Waals surface area contributed by atoms with Crippen molar-refractivity contribution in [1.29, 1.82) is 0 Å². The predicted molar refractivity (Wildman–Crippen MR) is 111 cm³/mol. The van der Waals surface area contributed by atoms with Crippen LogP contribution in [0.4, 0.5) is 0 Å². The van der Waals surface area contributed by atoms with Crippen molar-refractivity contribution >= 4 is 29.1 Å². The molecule has 0 aromatic heterocycles. The zero-order chi connectivity index (χ0) is 19.4. The highest BCUT2D eigenvalue weighted by molar-refractivity contribution is 6.35. The predicted octanol–water partition coefficient (Wildman–Crippen LogP) is 3.21. The Morgan fingerprint density at radius 2 is 2.00 bits per heavy atom. The van der Waals surface area contributed by atoms with E-state index in [4.69, 9.17) is 23.2 Å². The largest absolute Gasteiger partial charge is 0.352 e. The van der Waals surface area contributed by atoms with E-state index in [1.807, 2.05) is 13.1 Å². The zero-order valence-electron chi connectivity index (χ0n) is 16.1. The Balaban J connectivity index is 1.46. The van der Waals surface area contributed by atoms with Gasteiger partial charge >= 0.3 is 0 Å². The summed E-state index contributed by atoms with van der Waals surface area (Å²) in [6, 6.07) is 5.37. The molecule has 150 valence electrons. The third kappa shape index (κ3) is 5.58. The average molecular weight is 413 g/mol. The van der Waals surface area contributed by atoms with Crippen LogP contribution in [0, 0.1) is 11.8 Å². The zero-order valence-corrected chi connectivity index (χ0v) is 17.6. The van der Waals surface area contributed by atoms with Crippen molar-refractivity contribution in [1.82, 2.24) is 20.9 Å². The second-order valence-corrected chi connectivity index (χ2v) is 8.71. The maximum Gasteiger partial charge on any atom is 0.223 e. The van der Waals surface area contributed by atoms with E-state index in [0.717, 1.165) is 31.5 Å². The summed E-state index contributed by atoms with van der Waals surface area (Å²) in [5.41, 5.74) is 0.894. The number of benzene rings is 1. The highest BCUT2D eigenvalue weighted by Crippen LogP contribution is 2.26. The van der Waals surface area contributed by atoms with E-state index >= 15 is 0 Å². The second kappa shape index (κ2) is 9.57. The number of likely N-dealkylation sites (tertiary alicyclic amines) is 1. The fraction of sp³-hybridized carbons (Fsp3) is 0.650. The quantitative estimate of drug-likeness (QED) is 0.694. The Kier molecular flexibility index (Phi) is 7.40. The van der Waals surface area contributed by atoms with Gasteiger partial charge in [0, 0.05) is 35.6 Å². The van der Waals surface area contributed by atoms with Crippen LogP contribution in [0.3, 0.4) is 0 Å². The van der Waals surface area contributed by atoms with Gasteiger partial charge in [-0.25, -0.2) is 0 Å². The standard InChI is InChI=1S/C20H30Cl2N4O/c1-13-9-18(23-2)25-19(10-13)26-7-5-14(6-8-26)20(27)24-12-15-3-4-16(21)11-17(15)22/h3-4,11,13-14,18-19,23,25H,5-10,12H2,1-2H3,(H,24,27). The van der Waals surface area contributed by atoms with E-state index in [1.165, 1.54) is 12.8 Å². The molecule has 7 heteroatoms. The monoisotopic (exact) mass is 412 g/mol. The van der Waals surface area contributed by atoms with Crippen LogP contribution in [0.25, 0.3) is 0 Å². The van der Waals surface area contributed by atoms with Gasteiger partial charge in [0.15, 0.2) is 0 Å². The van der Waals surface area contributed by atoms with Crippen LogP contribution < -0.4 is 16.0 Å². The first-order valence-electron chi connectivity index (χ1n) is 9.85. The summed E-state index contributed by atoms with van der Waals surface area (Å²) < 4.78 is 0. The fourth-order valence-corrected chi connectivity index (χ4v) is 4.64. The van der Waals surface area contributed by atoms with Gasteiger partial charge in [-0.1, -0.05) is 36.2 Å². The number of carbonyl (C=O) groups is 1. The molecule has 1 aromatic carbocycles. The molecule has 3 unspecified atom stereocenters. The molecule has 5 nitrogen and oxygen atoms in total. The van der Waals surface area contributed by atoms with Gasteiger partial charge in [0.05, 0.1) is 12.3 Å². The highest BCUT2D eigenvalue weighted by atomic mass is 35.5. The molecule has 0 bridgehead atoms. The molecular weight excluding hydrogens is 383 g/mol. The average Bonchev–Trinajstić information content (AvgIpc) is 2.66. The van der Waals surface area contributed by atoms with Crippen molar-refractivity contribution in [3.63, 3.8) is 0 Å². The summed E-state index contributed by atoms with van der Waals surface area (Å²) in [4.78, 5) is 15.1. The number of nitrogens with zero attached hydrogens (tertiary/aromatic N) is 1. The SMILES string of the molecule is CNC1CC(C)CC(N2CCC(C(=O)NCc3ccc(Cl)cc3Cl)CC2)N1. The lowest BCUT2D eigenvalue weighted by Gasteiger charge is -2.43. The third-order valence-electron chi connectivity index (χ3n) is 5.82. The van der Waals surface area contributed by atoms with Crippen LogP contribution >= 0.6 is 23.2 Å². The number of carbonyl (C=O) groups excluding carboxylic acids is 1. The van der Waals surface area contributed by atoms with E-state index in [1.54, 1.807) is 12.1 Å². The maximum absolute atomic E-state index is 12.6. The summed E-state index contributed by atoms with van der Waals surface area (Å²) in [5, 5.41) is 11.3. The molecule has 2 saturated heterocycles. The molecule has 3 rings (SSSR count). The van der Waals surface area contributed by atoms with Crippen LogP contribution in [0.15, 0.2) is 18.2 Å². The highest BCUT2D eigenvalue weighted by Gasteiger charge is 2.32. The van der Waals surface area contributed by atoms with Crippen LogP contribution in [0.5, 0.6) is 0 Å². The first-order chi connectivity index (χ1) is 13.0. The molecule has 2 aliphatic rings. The summed E-state index contributed by atoms with van der Waals surface area (Å²) in [5.74, 6) is 0.908.